The first kappa shape index (κ1) is 7.98. The largest absolute Gasteiger partial charge is 0.382 e. The van der Waals surface area contributed by atoms with Gasteiger partial charge in [-0.3, -0.25) is 0 Å². The van der Waals surface area contributed by atoms with Crippen LogP contribution in [0.5, 0.6) is 0 Å². The van der Waals surface area contributed by atoms with Crippen LogP contribution in [0.25, 0.3) is 0 Å². The standard InChI is InChI=1S/C8H13N3/c1-5(2)7-4-10-11-8(9)6(7)3/h4-5H,1-3H3,(H2,9,11). The van der Waals surface area contributed by atoms with Crippen molar-refractivity contribution >= 4 is 5.82 Å². The van der Waals surface area contributed by atoms with Gasteiger partial charge in [-0.05, 0) is 24.0 Å². The first-order valence-corrected chi connectivity index (χ1v) is 3.70. The number of anilines is 1. The Kier molecular flexibility index (Phi) is 2.08. The van der Waals surface area contributed by atoms with E-state index in [1.54, 1.807) is 6.20 Å². The molecule has 0 radical (unpaired) electrons. The van der Waals surface area contributed by atoms with Crippen molar-refractivity contribution in [1.29, 1.82) is 0 Å². The van der Waals surface area contributed by atoms with Crippen LogP contribution in [0.2, 0.25) is 0 Å². The highest BCUT2D eigenvalue weighted by Crippen LogP contribution is 2.19. The van der Waals surface area contributed by atoms with Crippen LogP contribution < -0.4 is 5.73 Å². The summed E-state index contributed by atoms with van der Waals surface area (Å²) in [6.07, 6.45) is 1.77. The van der Waals surface area contributed by atoms with E-state index in [9.17, 15) is 0 Å². The molecule has 0 fully saturated rings. The van der Waals surface area contributed by atoms with Gasteiger partial charge in [0.05, 0.1) is 6.20 Å². The van der Waals surface area contributed by atoms with Crippen molar-refractivity contribution in [3.8, 4) is 0 Å². The lowest BCUT2D eigenvalue weighted by molar-refractivity contribution is 0.831. The van der Waals surface area contributed by atoms with Gasteiger partial charge in [0, 0.05) is 0 Å². The molecule has 1 heterocycles. The van der Waals surface area contributed by atoms with Crippen LogP contribution >= 0.6 is 0 Å². The summed E-state index contributed by atoms with van der Waals surface area (Å²) in [6, 6.07) is 0. The number of hydrogen-bond donors (Lipinski definition) is 1. The van der Waals surface area contributed by atoms with Gasteiger partial charge in [0.15, 0.2) is 0 Å². The molecule has 0 amide bonds. The summed E-state index contributed by atoms with van der Waals surface area (Å²) in [5, 5.41) is 7.54. The van der Waals surface area contributed by atoms with Gasteiger partial charge in [-0.25, -0.2) is 0 Å². The van der Waals surface area contributed by atoms with E-state index in [1.807, 2.05) is 6.92 Å². The Hall–Kier alpha value is -1.12. The van der Waals surface area contributed by atoms with Gasteiger partial charge in [-0.2, -0.15) is 5.10 Å². The van der Waals surface area contributed by atoms with Crippen molar-refractivity contribution in [3.63, 3.8) is 0 Å². The maximum atomic E-state index is 5.58. The van der Waals surface area contributed by atoms with Gasteiger partial charge in [0.2, 0.25) is 0 Å². The third kappa shape index (κ3) is 1.48. The minimum Gasteiger partial charge on any atom is -0.382 e. The average molecular weight is 151 g/mol. The van der Waals surface area contributed by atoms with Gasteiger partial charge >= 0.3 is 0 Å². The van der Waals surface area contributed by atoms with Crippen LogP contribution in [-0.2, 0) is 0 Å². The minimum absolute atomic E-state index is 0.466. The fourth-order valence-electron chi connectivity index (χ4n) is 1.06. The number of nitrogens with two attached hydrogens (primary N) is 1. The SMILES string of the molecule is Cc1c(C(C)C)cnnc1N. The average Bonchev–Trinajstić information content (AvgIpc) is 1.94. The third-order valence-electron chi connectivity index (χ3n) is 1.80. The summed E-state index contributed by atoms with van der Waals surface area (Å²) in [7, 11) is 0. The molecule has 3 nitrogen and oxygen atoms in total. The van der Waals surface area contributed by atoms with Crippen LogP contribution in [0.4, 0.5) is 5.82 Å². The molecule has 0 aliphatic heterocycles. The second-order valence-corrected chi connectivity index (χ2v) is 2.96. The van der Waals surface area contributed by atoms with E-state index in [0.29, 0.717) is 11.7 Å². The van der Waals surface area contributed by atoms with Crippen molar-refractivity contribution in [2.24, 2.45) is 0 Å². The third-order valence-corrected chi connectivity index (χ3v) is 1.80. The smallest absolute Gasteiger partial charge is 0.149 e. The summed E-state index contributed by atoms with van der Waals surface area (Å²) in [5.41, 5.74) is 7.81. The molecule has 3 heteroatoms. The van der Waals surface area contributed by atoms with Crippen molar-refractivity contribution in [3.05, 3.63) is 17.3 Å². The van der Waals surface area contributed by atoms with E-state index in [1.165, 1.54) is 5.56 Å². The van der Waals surface area contributed by atoms with Crippen LogP contribution in [0.3, 0.4) is 0 Å². The van der Waals surface area contributed by atoms with Crippen LogP contribution in [0.15, 0.2) is 6.20 Å². The van der Waals surface area contributed by atoms with Crippen molar-refractivity contribution in [1.82, 2.24) is 10.2 Å². The molecular formula is C8H13N3. The fourth-order valence-corrected chi connectivity index (χ4v) is 1.06. The Morgan fingerprint density at radius 1 is 1.45 bits per heavy atom. The molecule has 60 valence electrons. The number of hydrogen-bond acceptors (Lipinski definition) is 3. The maximum absolute atomic E-state index is 5.58. The molecule has 0 aliphatic rings. The normalized spacial score (nSPS) is 10.5. The Morgan fingerprint density at radius 3 is 2.55 bits per heavy atom. The van der Waals surface area contributed by atoms with E-state index in [0.717, 1.165) is 5.56 Å². The molecule has 0 atom stereocenters. The summed E-state index contributed by atoms with van der Waals surface area (Å²) in [5.74, 6) is 1.00. The van der Waals surface area contributed by atoms with E-state index < -0.39 is 0 Å². The maximum Gasteiger partial charge on any atom is 0.149 e. The molecule has 1 aromatic heterocycles. The van der Waals surface area contributed by atoms with E-state index in [4.69, 9.17) is 5.73 Å². The first-order valence-electron chi connectivity index (χ1n) is 3.70. The van der Waals surface area contributed by atoms with Crippen LogP contribution in [-0.4, -0.2) is 10.2 Å². The lowest BCUT2D eigenvalue weighted by Gasteiger charge is -2.08. The van der Waals surface area contributed by atoms with Crippen molar-refractivity contribution < 1.29 is 0 Å². The Morgan fingerprint density at radius 2 is 2.09 bits per heavy atom. The molecule has 0 saturated heterocycles. The van der Waals surface area contributed by atoms with Gasteiger partial charge in [-0.15, -0.1) is 5.10 Å². The zero-order chi connectivity index (χ0) is 8.43. The quantitative estimate of drug-likeness (QED) is 0.661. The fraction of sp³-hybridized carbons (Fsp3) is 0.500. The highest BCUT2D eigenvalue weighted by atomic mass is 15.1. The lowest BCUT2D eigenvalue weighted by Crippen LogP contribution is -2.01. The first-order chi connectivity index (χ1) is 5.13. The zero-order valence-electron chi connectivity index (χ0n) is 7.13. The van der Waals surface area contributed by atoms with E-state index in [2.05, 4.69) is 24.0 Å². The number of rotatable bonds is 1. The predicted octanol–water partition coefficient (Wildman–Crippen LogP) is 1.49. The molecule has 0 saturated carbocycles. The Bertz CT molecular complexity index is 256. The highest BCUT2D eigenvalue weighted by Gasteiger charge is 2.05. The molecule has 2 N–H and O–H groups in total. The van der Waals surface area contributed by atoms with E-state index in [-0.39, 0.29) is 0 Å². The molecule has 0 unspecified atom stereocenters. The van der Waals surface area contributed by atoms with E-state index >= 15 is 0 Å². The molecule has 11 heavy (non-hydrogen) atoms. The molecule has 0 aliphatic carbocycles. The number of aromatic nitrogens is 2. The molecule has 0 aromatic carbocycles. The van der Waals surface area contributed by atoms with Gasteiger partial charge < -0.3 is 5.73 Å². The predicted molar refractivity (Wildman–Crippen MR) is 45.3 cm³/mol. The molecule has 1 rings (SSSR count). The summed E-state index contributed by atoms with van der Waals surface area (Å²) in [4.78, 5) is 0. The topological polar surface area (TPSA) is 51.8 Å². The number of nitrogen functional groups attached to an aromatic ring is 1. The van der Waals surface area contributed by atoms with Gasteiger partial charge in [0.1, 0.15) is 5.82 Å². The second-order valence-electron chi connectivity index (χ2n) is 2.96. The zero-order valence-corrected chi connectivity index (χ0v) is 7.13. The molecular weight excluding hydrogens is 138 g/mol. The molecule has 0 bridgehead atoms. The lowest BCUT2D eigenvalue weighted by atomic mass is 10.0. The molecule has 1 aromatic rings. The summed E-state index contributed by atoms with van der Waals surface area (Å²) < 4.78 is 0. The number of nitrogens with zero attached hydrogens (tertiary/aromatic N) is 2. The Labute approximate surface area is 66.6 Å². The van der Waals surface area contributed by atoms with Crippen LogP contribution in [0.1, 0.15) is 30.9 Å². The monoisotopic (exact) mass is 151 g/mol. The van der Waals surface area contributed by atoms with Crippen LogP contribution in [0, 0.1) is 6.92 Å². The van der Waals surface area contributed by atoms with Crippen molar-refractivity contribution in [2.75, 3.05) is 5.73 Å². The van der Waals surface area contributed by atoms with Gasteiger partial charge in [-0.1, -0.05) is 13.8 Å². The van der Waals surface area contributed by atoms with Crippen molar-refractivity contribution in [2.45, 2.75) is 26.7 Å². The highest BCUT2D eigenvalue weighted by molar-refractivity contribution is 5.42. The summed E-state index contributed by atoms with van der Waals surface area (Å²) in [6.45, 7) is 6.20. The molecule has 0 spiro atoms. The minimum atomic E-state index is 0.466. The van der Waals surface area contributed by atoms with Gasteiger partial charge in [0.25, 0.3) is 0 Å². The summed E-state index contributed by atoms with van der Waals surface area (Å²) >= 11 is 0. The Balaban J connectivity index is 3.17. The second kappa shape index (κ2) is 2.86.